The first kappa shape index (κ1) is 8.47. The number of hydrogen-bond donors (Lipinski definition) is 1. The highest BCUT2D eigenvalue weighted by molar-refractivity contribution is 5.93. The molecule has 0 aliphatic heterocycles. The average molecular weight is 163 g/mol. The number of aromatic amines is 1. The van der Waals surface area contributed by atoms with E-state index in [1.807, 2.05) is 0 Å². The van der Waals surface area contributed by atoms with Crippen LogP contribution in [0.5, 0.6) is 0 Å². The van der Waals surface area contributed by atoms with Gasteiger partial charge >= 0.3 is 0 Å². The molecule has 1 N–H and O–H groups in total. The lowest BCUT2D eigenvalue weighted by molar-refractivity contribution is 0.0975. The van der Waals surface area contributed by atoms with E-state index < -0.39 is 0 Å². The Balaban J connectivity index is 2.36. The topological polar surface area (TPSA) is 58.6 Å². The lowest BCUT2D eigenvalue weighted by atomic mass is 10.1. The van der Waals surface area contributed by atoms with E-state index >= 15 is 0 Å². The number of nitrogens with one attached hydrogen (secondary N) is 1. The number of terminal acetylenes is 1. The fourth-order valence-electron chi connectivity index (χ4n) is 0.815. The van der Waals surface area contributed by atoms with Gasteiger partial charge in [0.2, 0.25) is 0 Å². The molecule has 1 aromatic rings. The van der Waals surface area contributed by atoms with E-state index in [9.17, 15) is 4.79 Å². The van der Waals surface area contributed by atoms with Crippen molar-refractivity contribution in [2.75, 3.05) is 0 Å². The minimum Gasteiger partial charge on any atom is -0.292 e. The molecule has 1 rings (SSSR count). The highest BCUT2D eigenvalue weighted by Gasteiger charge is 2.06. The van der Waals surface area contributed by atoms with E-state index in [2.05, 4.69) is 21.3 Å². The molecule has 0 aromatic carbocycles. The number of unbranched alkanes of at least 4 members (excludes halogenated alkanes) is 1. The van der Waals surface area contributed by atoms with Crippen LogP contribution in [0.15, 0.2) is 6.20 Å². The highest BCUT2D eigenvalue weighted by atomic mass is 16.1. The number of carbonyl (C=O) groups excluding carboxylic acids is 1. The van der Waals surface area contributed by atoms with Crippen LogP contribution >= 0.6 is 0 Å². The van der Waals surface area contributed by atoms with Gasteiger partial charge in [0.1, 0.15) is 5.69 Å². The number of nitrogens with zero attached hydrogens (tertiary/aromatic N) is 2. The van der Waals surface area contributed by atoms with Crippen LogP contribution in [0, 0.1) is 12.3 Å². The minimum absolute atomic E-state index is 0.0148. The quantitative estimate of drug-likeness (QED) is 0.405. The normalized spacial score (nSPS) is 9.25. The van der Waals surface area contributed by atoms with E-state index in [-0.39, 0.29) is 5.78 Å². The summed E-state index contributed by atoms with van der Waals surface area (Å²) in [6.07, 6.45) is 8.23. The van der Waals surface area contributed by atoms with Crippen LogP contribution in [0.1, 0.15) is 29.8 Å². The predicted octanol–water partition coefficient (Wildman–Crippen LogP) is 0.791. The Kier molecular flexibility index (Phi) is 3.03. The van der Waals surface area contributed by atoms with Crippen molar-refractivity contribution in [1.29, 1.82) is 0 Å². The lowest BCUT2D eigenvalue weighted by Crippen LogP contribution is -1.98. The van der Waals surface area contributed by atoms with E-state index in [4.69, 9.17) is 6.42 Å². The average Bonchev–Trinajstić information content (AvgIpc) is 2.56. The summed E-state index contributed by atoms with van der Waals surface area (Å²) in [7, 11) is 0. The molecule has 4 nitrogen and oxygen atoms in total. The number of ketones is 1. The molecule has 0 atom stereocenters. The van der Waals surface area contributed by atoms with Crippen LogP contribution in [0.25, 0.3) is 0 Å². The van der Waals surface area contributed by atoms with Crippen molar-refractivity contribution in [3.8, 4) is 12.3 Å². The van der Waals surface area contributed by atoms with Crippen LogP contribution in [0.2, 0.25) is 0 Å². The summed E-state index contributed by atoms with van der Waals surface area (Å²) >= 11 is 0. The Labute approximate surface area is 70.4 Å². The number of hydrogen-bond acceptors (Lipinski definition) is 3. The molecule has 4 heteroatoms. The second-order valence-corrected chi connectivity index (χ2v) is 2.34. The van der Waals surface area contributed by atoms with Crippen LogP contribution in [-0.4, -0.2) is 21.2 Å². The smallest absolute Gasteiger partial charge is 0.184 e. The number of aromatic nitrogens is 3. The molecular formula is C8H9N3O. The fraction of sp³-hybridized carbons (Fsp3) is 0.375. The fourth-order valence-corrected chi connectivity index (χ4v) is 0.815. The molecule has 12 heavy (non-hydrogen) atoms. The summed E-state index contributed by atoms with van der Waals surface area (Å²) in [6.45, 7) is 0. The lowest BCUT2D eigenvalue weighted by Gasteiger charge is -1.91. The third kappa shape index (κ3) is 2.20. The molecular weight excluding hydrogens is 154 g/mol. The summed E-state index contributed by atoms with van der Waals surface area (Å²) in [5.74, 6) is 2.46. The van der Waals surface area contributed by atoms with E-state index in [0.29, 0.717) is 25.0 Å². The van der Waals surface area contributed by atoms with Gasteiger partial charge in [-0.3, -0.25) is 4.79 Å². The molecule has 1 heterocycles. The summed E-state index contributed by atoms with van der Waals surface area (Å²) in [5.41, 5.74) is 0.382. The van der Waals surface area contributed by atoms with Crippen LogP contribution in [-0.2, 0) is 0 Å². The van der Waals surface area contributed by atoms with Gasteiger partial charge in [-0.15, -0.1) is 12.3 Å². The summed E-state index contributed by atoms with van der Waals surface area (Å²) in [4.78, 5) is 11.2. The van der Waals surface area contributed by atoms with E-state index in [0.717, 1.165) is 0 Å². The second-order valence-electron chi connectivity index (χ2n) is 2.34. The van der Waals surface area contributed by atoms with Gasteiger partial charge in [-0.1, -0.05) is 0 Å². The zero-order valence-electron chi connectivity index (χ0n) is 6.58. The summed E-state index contributed by atoms with van der Waals surface area (Å²) in [6, 6.07) is 0. The molecule has 0 saturated carbocycles. The Hall–Kier alpha value is -1.63. The highest BCUT2D eigenvalue weighted by Crippen LogP contribution is 2.01. The molecule has 62 valence electrons. The van der Waals surface area contributed by atoms with Gasteiger partial charge in [-0.2, -0.15) is 15.4 Å². The van der Waals surface area contributed by atoms with E-state index in [1.165, 1.54) is 6.20 Å². The second kappa shape index (κ2) is 4.29. The Bertz CT molecular complexity index is 284. The maximum Gasteiger partial charge on any atom is 0.184 e. The van der Waals surface area contributed by atoms with Crippen molar-refractivity contribution in [3.63, 3.8) is 0 Å². The molecule has 0 radical (unpaired) electrons. The third-order valence-corrected chi connectivity index (χ3v) is 1.43. The Morgan fingerprint density at radius 3 is 3.17 bits per heavy atom. The molecule has 1 aromatic heterocycles. The van der Waals surface area contributed by atoms with Crippen LogP contribution < -0.4 is 0 Å². The van der Waals surface area contributed by atoms with Gasteiger partial charge in [-0.25, -0.2) is 0 Å². The zero-order chi connectivity index (χ0) is 8.81. The van der Waals surface area contributed by atoms with Crippen molar-refractivity contribution < 1.29 is 4.79 Å². The number of carbonyl (C=O) groups is 1. The first-order chi connectivity index (χ1) is 5.84. The molecule has 0 bridgehead atoms. The van der Waals surface area contributed by atoms with Gasteiger partial charge in [0, 0.05) is 12.8 Å². The van der Waals surface area contributed by atoms with Gasteiger partial charge in [0.15, 0.2) is 5.78 Å². The molecule has 0 saturated heterocycles. The van der Waals surface area contributed by atoms with Gasteiger partial charge in [0.25, 0.3) is 0 Å². The maximum absolute atomic E-state index is 11.2. The molecule has 0 fully saturated rings. The SMILES string of the molecule is C#CCCCC(=O)c1cn[nH]n1. The number of Topliss-reactive ketones (excluding diaryl/α,β-unsaturated/α-hetero) is 1. The molecule has 0 aliphatic rings. The van der Waals surface area contributed by atoms with Crippen molar-refractivity contribution in [3.05, 3.63) is 11.9 Å². The van der Waals surface area contributed by atoms with Crippen molar-refractivity contribution in [2.45, 2.75) is 19.3 Å². The number of rotatable bonds is 4. The van der Waals surface area contributed by atoms with E-state index in [1.54, 1.807) is 0 Å². The molecule has 0 amide bonds. The van der Waals surface area contributed by atoms with Gasteiger partial charge in [0.05, 0.1) is 6.20 Å². The van der Waals surface area contributed by atoms with Crippen molar-refractivity contribution in [2.24, 2.45) is 0 Å². The monoisotopic (exact) mass is 163 g/mol. The van der Waals surface area contributed by atoms with Crippen molar-refractivity contribution >= 4 is 5.78 Å². The minimum atomic E-state index is -0.0148. The molecule has 0 spiro atoms. The standard InChI is InChI=1S/C8H9N3O/c1-2-3-4-5-8(12)7-6-9-11-10-7/h1,6H,3-5H2,(H,9,10,11). The third-order valence-electron chi connectivity index (χ3n) is 1.43. The molecule has 0 unspecified atom stereocenters. The first-order valence-corrected chi connectivity index (χ1v) is 3.67. The number of H-pyrrole nitrogens is 1. The molecule has 0 aliphatic carbocycles. The van der Waals surface area contributed by atoms with Crippen LogP contribution in [0.3, 0.4) is 0 Å². The first-order valence-electron chi connectivity index (χ1n) is 3.67. The Morgan fingerprint density at radius 2 is 2.58 bits per heavy atom. The van der Waals surface area contributed by atoms with Crippen LogP contribution in [0.4, 0.5) is 0 Å². The maximum atomic E-state index is 11.2. The largest absolute Gasteiger partial charge is 0.292 e. The van der Waals surface area contributed by atoms with Crippen molar-refractivity contribution in [1.82, 2.24) is 15.4 Å². The van der Waals surface area contributed by atoms with Gasteiger partial charge < -0.3 is 0 Å². The van der Waals surface area contributed by atoms with Gasteiger partial charge in [-0.05, 0) is 6.42 Å². The zero-order valence-corrected chi connectivity index (χ0v) is 6.58. The summed E-state index contributed by atoms with van der Waals surface area (Å²) in [5, 5.41) is 9.57. The Morgan fingerprint density at radius 1 is 1.75 bits per heavy atom. The summed E-state index contributed by atoms with van der Waals surface area (Å²) < 4.78 is 0. The predicted molar refractivity (Wildman–Crippen MR) is 43.4 cm³/mol.